The van der Waals surface area contributed by atoms with E-state index in [4.69, 9.17) is 0 Å². The molecule has 1 aliphatic rings. The van der Waals surface area contributed by atoms with Gasteiger partial charge >= 0.3 is 0 Å². The Morgan fingerprint density at radius 1 is 1.35 bits per heavy atom. The molecule has 0 spiro atoms. The lowest BCUT2D eigenvalue weighted by molar-refractivity contribution is 0.502. The maximum atomic E-state index is 3.70. The highest BCUT2D eigenvalue weighted by Gasteiger charge is 2.22. The highest BCUT2D eigenvalue weighted by atomic mass is 79.9. The maximum absolute atomic E-state index is 3.70. The summed E-state index contributed by atoms with van der Waals surface area (Å²) in [6.45, 7) is 7.75. The highest BCUT2D eigenvalue weighted by molar-refractivity contribution is 9.10. The van der Waals surface area contributed by atoms with Crippen molar-refractivity contribution in [3.05, 3.63) is 32.8 Å². The normalized spacial score (nSPS) is 19.9. The molecule has 2 heteroatoms. The van der Waals surface area contributed by atoms with Crippen LogP contribution in [0.3, 0.4) is 0 Å². The lowest BCUT2D eigenvalue weighted by atomic mass is 9.91. The van der Waals surface area contributed by atoms with Crippen molar-refractivity contribution in [3.8, 4) is 0 Å². The Kier molecular flexibility index (Phi) is 4.26. The third-order valence-electron chi connectivity index (χ3n) is 3.88. The molecule has 0 radical (unpaired) electrons. The van der Waals surface area contributed by atoms with Crippen LogP contribution in [0, 0.1) is 13.8 Å². The van der Waals surface area contributed by atoms with Crippen LogP contribution in [-0.4, -0.2) is 6.54 Å². The zero-order valence-electron chi connectivity index (χ0n) is 11.1. The fourth-order valence-corrected chi connectivity index (χ4v) is 3.56. The monoisotopic (exact) mass is 295 g/mol. The molecule has 1 aromatic carbocycles. The summed E-state index contributed by atoms with van der Waals surface area (Å²) in [5.41, 5.74) is 6.03. The number of fused-ring (bicyclic) bond motifs is 1. The summed E-state index contributed by atoms with van der Waals surface area (Å²) < 4.78 is 1.26. The van der Waals surface area contributed by atoms with Gasteiger partial charge < -0.3 is 5.32 Å². The number of hydrogen-bond acceptors (Lipinski definition) is 1. The molecule has 1 atom stereocenters. The van der Waals surface area contributed by atoms with Crippen molar-refractivity contribution in [1.82, 2.24) is 5.32 Å². The molecule has 1 unspecified atom stereocenters. The zero-order chi connectivity index (χ0) is 12.4. The van der Waals surface area contributed by atoms with Gasteiger partial charge in [-0.2, -0.15) is 0 Å². The molecular weight excluding hydrogens is 274 g/mol. The van der Waals surface area contributed by atoms with Crippen LogP contribution in [0.5, 0.6) is 0 Å². The quantitative estimate of drug-likeness (QED) is 0.795. The molecule has 1 N–H and O–H groups in total. The van der Waals surface area contributed by atoms with Gasteiger partial charge in [0.15, 0.2) is 0 Å². The molecule has 0 saturated carbocycles. The molecule has 1 nitrogen and oxygen atoms in total. The van der Waals surface area contributed by atoms with E-state index in [2.05, 4.69) is 48.1 Å². The van der Waals surface area contributed by atoms with Gasteiger partial charge in [-0.1, -0.05) is 29.3 Å². The Morgan fingerprint density at radius 2 is 2.12 bits per heavy atom. The van der Waals surface area contributed by atoms with Gasteiger partial charge in [0.05, 0.1) is 0 Å². The SMILES string of the molecule is CCNC1CCCCc2c(C)cc(Br)c(C)c21. The highest BCUT2D eigenvalue weighted by Crippen LogP contribution is 2.36. The topological polar surface area (TPSA) is 12.0 Å². The van der Waals surface area contributed by atoms with E-state index in [1.165, 1.54) is 41.3 Å². The Morgan fingerprint density at radius 3 is 2.82 bits per heavy atom. The van der Waals surface area contributed by atoms with E-state index in [0.29, 0.717) is 6.04 Å². The first-order chi connectivity index (χ1) is 8.15. The third kappa shape index (κ3) is 2.58. The average molecular weight is 296 g/mol. The van der Waals surface area contributed by atoms with E-state index < -0.39 is 0 Å². The Hall–Kier alpha value is -0.340. The van der Waals surface area contributed by atoms with Crippen molar-refractivity contribution in [2.45, 2.75) is 52.5 Å². The van der Waals surface area contributed by atoms with Crippen LogP contribution in [0.15, 0.2) is 10.5 Å². The minimum Gasteiger partial charge on any atom is -0.310 e. The van der Waals surface area contributed by atoms with Gasteiger partial charge in [0, 0.05) is 10.5 Å². The van der Waals surface area contributed by atoms with E-state index in [1.54, 1.807) is 11.1 Å². The van der Waals surface area contributed by atoms with E-state index in [0.717, 1.165) is 6.54 Å². The van der Waals surface area contributed by atoms with Gasteiger partial charge in [-0.25, -0.2) is 0 Å². The minimum absolute atomic E-state index is 0.550. The van der Waals surface area contributed by atoms with Crippen LogP contribution in [0.1, 0.15) is 54.5 Å². The molecule has 2 rings (SSSR count). The first-order valence-corrected chi connectivity index (χ1v) is 7.46. The van der Waals surface area contributed by atoms with Crippen LogP contribution < -0.4 is 5.32 Å². The average Bonchev–Trinajstić information content (AvgIpc) is 2.50. The van der Waals surface area contributed by atoms with Crippen LogP contribution >= 0.6 is 15.9 Å². The van der Waals surface area contributed by atoms with E-state index in [9.17, 15) is 0 Å². The van der Waals surface area contributed by atoms with Crippen LogP contribution in [0.25, 0.3) is 0 Å². The second-order valence-corrected chi connectivity index (χ2v) is 5.90. The van der Waals surface area contributed by atoms with Crippen LogP contribution in [0.4, 0.5) is 0 Å². The molecular formula is C15H22BrN. The first kappa shape index (κ1) is 13.1. The zero-order valence-corrected chi connectivity index (χ0v) is 12.7. The third-order valence-corrected chi connectivity index (χ3v) is 4.70. The summed E-state index contributed by atoms with van der Waals surface area (Å²) in [5, 5.41) is 3.66. The van der Waals surface area contributed by atoms with E-state index in [1.807, 2.05) is 0 Å². The maximum Gasteiger partial charge on any atom is 0.0325 e. The van der Waals surface area contributed by atoms with Crippen molar-refractivity contribution < 1.29 is 0 Å². The van der Waals surface area contributed by atoms with Gasteiger partial charge in [0.1, 0.15) is 0 Å². The Bertz CT molecular complexity index is 412. The first-order valence-electron chi connectivity index (χ1n) is 6.67. The molecule has 1 aromatic rings. The largest absolute Gasteiger partial charge is 0.310 e. The van der Waals surface area contributed by atoms with Crippen molar-refractivity contribution in [2.75, 3.05) is 6.54 Å². The number of aryl methyl sites for hydroxylation is 1. The second kappa shape index (κ2) is 5.53. The summed E-state index contributed by atoms with van der Waals surface area (Å²) in [6.07, 6.45) is 5.19. The molecule has 1 aliphatic carbocycles. The van der Waals surface area contributed by atoms with Crippen molar-refractivity contribution in [2.24, 2.45) is 0 Å². The number of benzene rings is 1. The fourth-order valence-electron chi connectivity index (χ4n) is 3.00. The number of halogens is 1. The van der Waals surface area contributed by atoms with Crippen LogP contribution in [0.2, 0.25) is 0 Å². The molecule has 0 aliphatic heterocycles. The minimum atomic E-state index is 0.550. The molecule has 94 valence electrons. The predicted molar refractivity (Wildman–Crippen MR) is 77.6 cm³/mol. The lowest BCUT2D eigenvalue weighted by Gasteiger charge is -2.23. The lowest BCUT2D eigenvalue weighted by Crippen LogP contribution is -2.22. The number of hydrogen-bond donors (Lipinski definition) is 1. The van der Waals surface area contributed by atoms with Gasteiger partial charge in [0.2, 0.25) is 0 Å². The number of rotatable bonds is 2. The standard InChI is InChI=1S/C15H22BrN/c1-4-17-14-8-6-5-7-12-10(2)9-13(16)11(3)15(12)14/h9,14,17H,4-8H2,1-3H3. The van der Waals surface area contributed by atoms with E-state index in [-0.39, 0.29) is 0 Å². The van der Waals surface area contributed by atoms with Crippen molar-refractivity contribution >= 4 is 15.9 Å². The van der Waals surface area contributed by atoms with Crippen LogP contribution in [-0.2, 0) is 6.42 Å². The molecule has 17 heavy (non-hydrogen) atoms. The summed E-state index contributed by atoms with van der Waals surface area (Å²) >= 11 is 3.70. The van der Waals surface area contributed by atoms with Gasteiger partial charge in [-0.3, -0.25) is 0 Å². The molecule has 0 fully saturated rings. The number of nitrogens with one attached hydrogen (secondary N) is 1. The molecule has 0 saturated heterocycles. The Balaban J connectivity index is 2.54. The fraction of sp³-hybridized carbons (Fsp3) is 0.600. The molecule has 0 heterocycles. The Labute approximate surface area is 113 Å². The van der Waals surface area contributed by atoms with Crippen molar-refractivity contribution in [3.63, 3.8) is 0 Å². The molecule has 0 bridgehead atoms. The summed E-state index contributed by atoms with van der Waals surface area (Å²) in [5.74, 6) is 0. The smallest absolute Gasteiger partial charge is 0.0325 e. The summed E-state index contributed by atoms with van der Waals surface area (Å²) in [6, 6.07) is 2.83. The van der Waals surface area contributed by atoms with Gasteiger partial charge in [0.25, 0.3) is 0 Å². The van der Waals surface area contributed by atoms with Gasteiger partial charge in [-0.05, 0) is 68.0 Å². The van der Waals surface area contributed by atoms with Crippen molar-refractivity contribution in [1.29, 1.82) is 0 Å². The molecule has 0 aromatic heterocycles. The summed E-state index contributed by atoms with van der Waals surface area (Å²) in [7, 11) is 0. The second-order valence-electron chi connectivity index (χ2n) is 5.05. The van der Waals surface area contributed by atoms with E-state index >= 15 is 0 Å². The van der Waals surface area contributed by atoms with Gasteiger partial charge in [-0.15, -0.1) is 0 Å². The predicted octanol–water partition coefficient (Wildman–Crippen LogP) is 4.44. The summed E-state index contributed by atoms with van der Waals surface area (Å²) in [4.78, 5) is 0. The molecule has 0 amide bonds.